The molecule has 1 fully saturated rings. The Hall–Kier alpha value is -0.980. The van der Waals surface area contributed by atoms with Gasteiger partial charge in [-0.25, -0.2) is 4.98 Å². The Labute approximate surface area is 117 Å². The molecule has 1 aromatic rings. The van der Waals surface area contributed by atoms with Crippen molar-refractivity contribution in [1.82, 2.24) is 10.3 Å². The van der Waals surface area contributed by atoms with E-state index in [9.17, 15) is 4.79 Å². The van der Waals surface area contributed by atoms with Crippen molar-refractivity contribution in [3.05, 3.63) is 11.1 Å². The van der Waals surface area contributed by atoms with Crippen molar-refractivity contribution in [3.63, 3.8) is 0 Å². The fraction of sp³-hybridized carbons (Fsp3) is 0.692. The minimum Gasteiger partial charge on any atom is -0.378 e. The van der Waals surface area contributed by atoms with Crippen LogP contribution in [0.3, 0.4) is 0 Å². The minimum atomic E-state index is -0.0159. The van der Waals surface area contributed by atoms with Gasteiger partial charge in [-0.15, -0.1) is 11.3 Å². The van der Waals surface area contributed by atoms with Gasteiger partial charge in [0.2, 0.25) is 5.91 Å². The second-order valence-electron chi connectivity index (χ2n) is 5.77. The van der Waals surface area contributed by atoms with Gasteiger partial charge < -0.3 is 15.4 Å². The van der Waals surface area contributed by atoms with Gasteiger partial charge in [0.05, 0.1) is 18.9 Å². The summed E-state index contributed by atoms with van der Waals surface area (Å²) < 4.78 is 5.33. The topological polar surface area (TPSA) is 63.2 Å². The van der Waals surface area contributed by atoms with E-state index in [0.717, 1.165) is 18.8 Å². The number of anilines is 1. The number of hydrogen-bond acceptors (Lipinski definition) is 5. The van der Waals surface area contributed by atoms with Gasteiger partial charge in [-0.2, -0.15) is 0 Å². The molecule has 6 heteroatoms. The smallest absolute Gasteiger partial charge is 0.227 e. The van der Waals surface area contributed by atoms with E-state index in [2.05, 4.69) is 36.4 Å². The average Bonchev–Trinajstić information content (AvgIpc) is 2.78. The van der Waals surface area contributed by atoms with E-state index in [1.165, 1.54) is 11.3 Å². The van der Waals surface area contributed by atoms with E-state index >= 15 is 0 Å². The summed E-state index contributed by atoms with van der Waals surface area (Å²) in [5.74, 6) is -0.0159. The van der Waals surface area contributed by atoms with Gasteiger partial charge in [0.1, 0.15) is 0 Å². The minimum absolute atomic E-state index is 0.0121. The fourth-order valence-corrected chi connectivity index (χ4v) is 2.77. The zero-order valence-electron chi connectivity index (χ0n) is 11.7. The standard InChI is InChI=1S/C13H21N3O2S/c1-13(2,3)10-8-19-12(15-10)16-11(17)6-9-7-18-5-4-14-9/h8-9,14H,4-7H2,1-3H3,(H,15,16,17). The van der Waals surface area contributed by atoms with Crippen molar-refractivity contribution in [2.24, 2.45) is 0 Å². The van der Waals surface area contributed by atoms with Crippen LogP contribution in [0.1, 0.15) is 32.9 Å². The molecule has 1 unspecified atom stereocenters. The number of rotatable bonds is 3. The Balaban J connectivity index is 1.86. The SMILES string of the molecule is CC(C)(C)c1csc(NC(=O)CC2COCCN2)n1. The van der Waals surface area contributed by atoms with Crippen molar-refractivity contribution in [1.29, 1.82) is 0 Å². The molecule has 1 atom stereocenters. The Bertz CT molecular complexity index is 433. The maximum absolute atomic E-state index is 11.9. The Morgan fingerprint density at radius 3 is 3.00 bits per heavy atom. The lowest BCUT2D eigenvalue weighted by Crippen LogP contribution is -2.43. The van der Waals surface area contributed by atoms with Crippen molar-refractivity contribution in [2.75, 3.05) is 25.1 Å². The molecule has 2 heterocycles. The fourth-order valence-electron chi connectivity index (χ4n) is 1.82. The van der Waals surface area contributed by atoms with Crippen LogP contribution in [0.4, 0.5) is 5.13 Å². The number of nitrogens with zero attached hydrogens (tertiary/aromatic N) is 1. The molecule has 0 radical (unpaired) electrons. The number of aromatic nitrogens is 1. The molecular formula is C13H21N3O2S. The van der Waals surface area contributed by atoms with Crippen LogP contribution in [-0.4, -0.2) is 36.7 Å². The summed E-state index contributed by atoms with van der Waals surface area (Å²) in [6.07, 6.45) is 0.421. The molecule has 1 amide bonds. The third kappa shape index (κ3) is 4.26. The highest BCUT2D eigenvalue weighted by atomic mass is 32.1. The molecule has 2 N–H and O–H groups in total. The second kappa shape index (κ2) is 5.98. The normalized spacial score (nSPS) is 20.3. The summed E-state index contributed by atoms with van der Waals surface area (Å²) in [5.41, 5.74) is 1.02. The van der Waals surface area contributed by atoms with Gasteiger partial charge in [-0.05, 0) is 0 Å². The Morgan fingerprint density at radius 1 is 1.63 bits per heavy atom. The molecule has 0 aromatic carbocycles. The molecule has 2 rings (SSSR count). The molecule has 0 aliphatic carbocycles. The highest BCUT2D eigenvalue weighted by Crippen LogP contribution is 2.26. The zero-order valence-corrected chi connectivity index (χ0v) is 12.5. The van der Waals surface area contributed by atoms with E-state index in [0.29, 0.717) is 18.2 Å². The first-order chi connectivity index (χ1) is 8.95. The van der Waals surface area contributed by atoms with E-state index < -0.39 is 0 Å². The number of thiazole rings is 1. The summed E-state index contributed by atoms with van der Waals surface area (Å²) >= 11 is 1.47. The van der Waals surface area contributed by atoms with Crippen LogP contribution in [0, 0.1) is 0 Å². The number of amides is 1. The maximum atomic E-state index is 11.9. The average molecular weight is 283 g/mol. The molecule has 0 saturated carbocycles. The molecule has 1 saturated heterocycles. The van der Waals surface area contributed by atoms with Crippen LogP contribution >= 0.6 is 11.3 Å². The summed E-state index contributed by atoms with van der Waals surface area (Å²) in [7, 11) is 0. The number of carbonyl (C=O) groups excluding carboxylic acids is 1. The first kappa shape index (κ1) is 14.4. The van der Waals surface area contributed by atoms with Crippen LogP contribution in [0.15, 0.2) is 5.38 Å². The first-order valence-corrected chi connectivity index (χ1v) is 7.40. The van der Waals surface area contributed by atoms with Gasteiger partial charge in [0, 0.05) is 29.8 Å². The number of morpholine rings is 1. The first-order valence-electron chi connectivity index (χ1n) is 6.52. The van der Waals surface area contributed by atoms with Gasteiger partial charge >= 0.3 is 0 Å². The van der Waals surface area contributed by atoms with E-state index in [4.69, 9.17) is 4.74 Å². The molecule has 106 valence electrons. The number of nitrogens with one attached hydrogen (secondary N) is 2. The van der Waals surface area contributed by atoms with Crippen LogP contribution < -0.4 is 10.6 Å². The largest absolute Gasteiger partial charge is 0.378 e. The van der Waals surface area contributed by atoms with Gasteiger partial charge in [0.25, 0.3) is 0 Å². The molecule has 1 aromatic heterocycles. The molecule has 1 aliphatic heterocycles. The lowest BCUT2D eigenvalue weighted by atomic mass is 9.93. The lowest BCUT2D eigenvalue weighted by Gasteiger charge is -2.22. The van der Waals surface area contributed by atoms with E-state index in [1.807, 2.05) is 5.38 Å². The summed E-state index contributed by atoms with van der Waals surface area (Å²) in [6.45, 7) is 8.45. The van der Waals surface area contributed by atoms with Crippen molar-refractivity contribution in [3.8, 4) is 0 Å². The van der Waals surface area contributed by atoms with E-state index in [-0.39, 0.29) is 17.4 Å². The predicted molar refractivity (Wildman–Crippen MR) is 76.7 cm³/mol. The van der Waals surface area contributed by atoms with Crippen LogP contribution in [-0.2, 0) is 14.9 Å². The summed E-state index contributed by atoms with van der Waals surface area (Å²) in [5, 5.41) is 8.79. The maximum Gasteiger partial charge on any atom is 0.227 e. The van der Waals surface area contributed by atoms with Crippen molar-refractivity contribution in [2.45, 2.75) is 38.6 Å². The highest BCUT2D eigenvalue weighted by molar-refractivity contribution is 7.13. The van der Waals surface area contributed by atoms with Crippen molar-refractivity contribution < 1.29 is 9.53 Å². The Kier molecular flexibility index (Phi) is 4.54. The second-order valence-corrected chi connectivity index (χ2v) is 6.62. The van der Waals surface area contributed by atoms with Crippen molar-refractivity contribution >= 4 is 22.4 Å². The zero-order chi connectivity index (χ0) is 13.9. The van der Waals surface area contributed by atoms with Crippen LogP contribution in [0.2, 0.25) is 0 Å². The predicted octanol–water partition coefficient (Wildman–Crippen LogP) is 1.76. The third-order valence-corrected chi connectivity index (χ3v) is 3.71. The number of carbonyl (C=O) groups is 1. The monoisotopic (exact) mass is 283 g/mol. The Morgan fingerprint density at radius 2 is 2.42 bits per heavy atom. The summed E-state index contributed by atoms with van der Waals surface area (Å²) in [6, 6.07) is 0.107. The van der Waals surface area contributed by atoms with E-state index in [1.54, 1.807) is 0 Å². The number of hydrogen-bond donors (Lipinski definition) is 2. The van der Waals surface area contributed by atoms with Gasteiger partial charge in [-0.3, -0.25) is 4.79 Å². The van der Waals surface area contributed by atoms with Gasteiger partial charge in [0.15, 0.2) is 5.13 Å². The molecule has 1 aliphatic rings. The summed E-state index contributed by atoms with van der Waals surface area (Å²) in [4.78, 5) is 16.3. The molecule has 19 heavy (non-hydrogen) atoms. The third-order valence-electron chi connectivity index (χ3n) is 2.95. The molecule has 5 nitrogen and oxygen atoms in total. The molecule has 0 bridgehead atoms. The highest BCUT2D eigenvalue weighted by Gasteiger charge is 2.20. The van der Waals surface area contributed by atoms with Crippen LogP contribution in [0.5, 0.6) is 0 Å². The van der Waals surface area contributed by atoms with Crippen LogP contribution in [0.25, 0.3) is 0 Å². The van der Waals surface area contributed by atoms with Gasteiger partial charge in [-0.1, -0.05) is 20.8 Å². The molecular weight excluding hydrogens is 262 g/mol. The molecule has 0 spiro atoms. The lowest BCUT2D eigenvalue weighted by molar-refractivity contribution is -0.117. The quantitative estimate of drug-likeness (QED) is 0.887. The number of ether oxygens (including phenoxy) is 1.